The van der Waals surface area contributed by atoms with Gasteiger partial charge in [-0.3, -0.25) is 9.10 Å². The molecule has 2 rings (SSSR count). The minimum atomic E-state index is -3.18. The van der Waals surface area contributed by atoms with Gasteiger partial charge in [-0.05, 0) is 37.6 Å². The Labute approximate surface area is 125 Å². The number of carbonyl (C=O) groups is 1. The fraction of sp³-hybridized carbons (Fsp3) is 0.500. The van der Waals surface area contributed by atoms with Gasteiger partial charge in [0.1, 0.15) is 0 Å². The highest BCUT2D eigenvalue weighted by atomic mass is 32.2. The molecule has 1 saturated heterocycles. The van der Waals surface area contributed by atoms with Crippen LogP contribution in [-0.2, 0) is 14.8 Å². The summed E-state index contributed by atoms with van der Waals surface area (Å²) in [7, 11) is -1.61. The van der Waals surface area contributed by atoms with E-state index in [-0.39, 0.29) is 17.7 Å². The van der Waals surface area contributed by atoms with Crippen molar-refractivity contribution in [3.05, 3.63) is 29.8 Å². The van der Waals surface area contributed by atoms with E-state index in [2.05, 4.69) is 5.32 Å². The third-order valence-corrected chi connectivity index (χ3v) is 5.18. The topological polar surface area (TPSA) is 75.7 Å². The van der Waals surface area contributed by atoms with Crippen molar-refractivity contribution in [2.45, 2.75) is 19.4 Å². The fourth-order valence-corrected chi connectivity index (χ4v) is 3.87. The summed E-state index contributed by atoms with van der Waals surface area (Å²) in [5.41, 5.74) is 1.10. The van der Waals surface area contributed by atoms with E-state index in [0.29, 0.717) is 30.8 Å². The molecule has 1 atom stereocenters. The number of methoxy groups -OCH3 is 1. The molecule has 1 unspecified atom stereocenters. The van der Waals surface area contributed by atoms with E-state index >= 15 is 0 Å². The Bertz CT molecular complexity index is 598. The van der Waals surface area contributed by atoms with Gasteiger partial charge >= 0.3 is 0 Å². The molecule has 1 amide bonds. The van der Waals surface area contributed by atoms with Crippen LogP contribution in [-0.4, -0.2) is 46.4 Å². The summed E-state index contributed by atoms with van der Waals surface area (Å²) in [6, 6.07) is 6.52. The van der Waals surface area contributed by atoms with Gasteiger partial charge in [-0.25, -0.2) is 8.42 Å². The minimum absolute atomic E-state index is 0.0823. The maximum Gasteiger partial charge on any atom is 0.251 e. The van der Waals surface area contributed by atoms with Crippen molar-refractivity contribution in [2.75, 3.05) is 30.3 Å². The second-order valence-electron chi connectivity index (χ2n) is 5.12. The van der Waals surface area contributed by atoms with Crippen molar-refractivity contribution < 1.29 is 17.9 Å². The van der Waals surface area contributed by atoms with Crippen molar-refractivity contribution >= 4 is 21.6 Å². The zero-order valence-corrected chi connectivity index (χ0v) is 13.0. The number of hydrogen-bond acceptors (Lipinski definition) is 4. The molecular formula is C14H20N2O4S. The number of sulfonamides is 1. The maximum atomic E-state index is 12.0. The average Bonchev–Trinajstić information content (AvgIpc) is 2.78. The first-order valence-corrected chi connectivity index (χ1v) is 8.45. The van der Waals surface area contributed by atoms with Gasteiger partial charge in [0.25, 0.3) is 5.91 Å². The van der Waals surface area contributed by atoms with Gasteiger partial charge in [0, 0.05) is 25.3 Å². The predicted molar refractivity (Wildman–Crippen MR) is 81.0 cm³/mol. The first kappa shape index (κ1) is 15.8. The monoisotopic (exact) mass is 312 g/mol. The summed E-state index contributed by atoms with van der Waals surface area (Å²) in [5, 5.41) is 2.81. The van der Waals surface area contributed by atoms with Crippen LogP contribution in [0.15, 0.2) is 24.3 Å². The van der Waals surface area contributed by atoms with Crippen LogP contribution in [0.4, 0.5) is 5.69 Å². The van der Waals surface area contributed by atoms with Gasteiger partial charge in [-0.2, -0.15) is 0 Å². The summed E-state index contributed by atoms with van der Waals surface area (Å²) < 4.78 is 30.0. The molecular weight excluding hydrogens is 292 g/mol. The largest absolute Gasteiger partial charge is 0.383 e. The average molecular weight is 312 g/mol. The Morgan fingerprint density at radius 2 is 2.05 bits per heavy atom. The zero-order valence-electron chi connectivity index (χ0n) is 12.2. The Morgan fingerprint density at radius 1 is 1.38 bits per heavy atom. The van der Waals surface area contributed by atoms with E-state index in [1.54, 1.807) is 31.4 Å². The van der Waals surface area contributed by atoms with Crippen molar-refractivity contribution in [2.24, 2.45) is 0 Å². The molecule has 0 bridgehead atoms. The van der Waals surface area contributed by atoms with Gasteiger partial charge in [0.05, 0.1) is 18.0 Å². The lowest BCUT2D eigenvalue weighted by molar-refractivity contribution is 0.0905. The molecule has 21 heavy (non-hydrogen) atoms. The molecule has 1 aromatic carbocycles. The van der Waals surface area contributed by atoms with Crippen molar-refractivity contribution in [1.29, 1.82) is 0 Å². The molecule has 0 saturated carbocycles. The molecule has 1 N–H and O–H groups in total. The van der Waals surface area contributed by atoms with Gasteiger partial charge in [0.15, 0.2) is 0 Å². The van der Waals surface area contributed by atoms with E-state index < -0.39 is 10.0 Å². The SMILES string of the molecule is COCC(C)NC(=O)c1ccc(N2CCCS2(=O)=O)cc1. The smallest absolute Gasteiger partial charge is 0.251 e. The number of carbonyl (C=O) groups excluding carboxylic acids is 1. The molecule has 1 aromatic rings. The highest BCUT2D eigenvalue weighted by Gasteiger charge is 2.28. The van der Waals surface area contributed by atoms with E-state index in [9.17, 15) is 13.2 Å². The summed E-state index contributed by atoms with van der Waals surface area (Å²) in [5.74, 6) is -0.0144. The molecule has 116 valence electrons. The van der Waals surface area contributed by atoms with E-state index in [0.717, 1.165) is 0 Å². The Kier molecular flexibility index (Phi) is 4.84. The Balaban J connectivity index is 2.07. The van der Waals surface area contributed by atoms with Crippen LogP contribution < -0.4 is 9.62 Å². The van der Waals surface area contributed by atoms with Crippen LogP contribution in [0.5, 0.6) is 0 Å². The number of amides is 1. The zero-order chi connectivity index (χ0) is 15.5. The van der Waals surface area contributed by atoms with Crippen molar-refractivity contribution in [1.82, 2.24) is 5.32 Å². The van der Waals surface area contributed by atoms with Gasteiger partial charge in [-0.1, -0.05) is 0 Å². The summed E-state index contributed by atoms with van der Waals surface area (Å²) in [6.07, 6.45) is 0.638. The maximum absolute atomic E-state index is 12.0. The second-order valence-corrected chi connectivity index (χ2v) is 7.13. The number of nitrogens with one attached hydrogen (secondary N) is 1. The molecule has 1 aliphatic heterocycles. The van der Waals surface area contributed by atoms with Crippen molar-refractivity contribution in [3.63, 3.8) is 0 Å². The first-order chi connectivity index (χ1) is 9.94. The molecule has 1 aliphatic rings. The number of hydrogen-bond donors (Lipinski definition) is 1. The second kappa shape index (κ2) is 6.44. The summed E-state index contributed by atoms with van der Waals surface area (Å²) in [6.45, 7) is 2.79. The quantitative estimate of drug-likeness (QED) is 0.880. The normalized spacial score (nSPS) is 18.5. The first-order valence-electron chi connectivity index (χ1n) is 6.84. The molecule has 1 heterocycles. The third-order valence-electron chi connectivity index (χ3n) is 3.31. The molecule has 7 heteroatoms. The van der Waals surface area contributed by atoms with Crippen LogP contribution in [0.25, 0.3) is 0 Å². The Hall–Kier alpha value is -1.60. The number of ether oxygens (including phenoxy) is 1. The van der Waals surface area contributed by atoms with Crippen LogP contribution >= 0.6 is 0 Å². The van der Waals surface area contributed by atoms with Gasteiger partial charge in [-0.15, -0.1) is 0 Å². The number of rotatable bonds is 5. The lowest BCUT2D eigenvalue weighted by atomic mass is 10.2. The third kappa shape index (κ3) is 3.74. The summed E-state index contributed by atoms with van der Waals surface area (Å²) in [4.78, 5) is 12.0. The van der Waals surface area contributed by atoms with Gasteiger partial charge < -0.3 is 10.1 Å². The number of benzene rings is 1. The van der Waals surface area contributed by atoms with Gasteiger partial charge in [0.2, 0.25) is 10.0 Å². The molecule has 0 aliphatic carbocycles. The van der Waals surface area contributed by atoms with Crippen molar-refractivity contribution in [3.8, 4) is 0 Å². The molecule has 0 aromatic heterocycles. The molecule has 1 fully saturated rings. The predicted octanol–water partition coefficient (Wildman–Crippen LogP) is 0.991. The van der Waals surface area contributed by atoms with Crippen LogP contribution in [0.3, 0.4) is 0 Å². The lowest BCUT2D eigenvalue weighted by Crippen LogP contribution is -2.35. The fourth-order valence-electron chi connectivity index (χ4n) is 2.31. The highest BCUT2D eigenvalue weighted by molar-refractivity contribution is 7.93. The van der Waals surface area contributed by atoms with Crippen LogP contribution in [0.1, 0.15) is 23.7 Å². The molecule has 0 spiro atoms. The summed E-state index contributed by atoms with van der Waals surface area (Å²) >= 11 is 0. The number of anilines is 1. The molecule has 6 nitrogen and oxygen atoms in total. The van der Waals surface area contributed by atoms with Crippen LogP contribution in [0.2, 0.25) is 0 Å². The minimum Gasteiger partial charge on any atom is -0.383 e. The lowest BCUT2D eigenvalue weighted by Gasteiger charge is -2.17. The molecule has 0 radical (unpaired) electrons. The highest BCUT2D eigenvalue weighted by Crippen LogP contribution is 2.24. The van der Waals surface area contributed by atoms with E-state index in [1.165, 1.54) is 4.31 Å². The van der Waals surface area contributed by atoms with E-state index in [1.807, 2.05) is 6.92 Å². The van der Waals surface area contributed by atoms with E-state index in [4.69, 9.17) is 4.74 Å². The Morgan fingerprint density at radius 3 is 2.57 bits per heavy atom. The number of nitrogens with zero attached hydrogens (tertiary/aromatic N) is 1. The standard InChI is InChI=1S/C14H20N2O4S/c1-11(10-20-2)15-14(17)12-4-6-13(7-5-12)16-8-3-9-21(16,18)19/h4-7,11H,3,8-10H2,1-2H3,(H,15,17). The van der Waals surface area contributed by atoms with Crippen LogP contribution in [0, 0.1) is 0 Å².